The Morgan fingerprint density at radius 2 is 1.96 bits per heavy atom. The molecule has 2 aliphatic heterocycles. The van der Waals surface area contributed by atoms with Crippen LogP contribution in [0.25, 0.3) is 5.65 Å². The van der Waals surface area contributed by atoms with Crippen molar-refractivity contribution in [2.75, 3.05) is 24.6 Å². The highest BCUT2D eigenvalue weighted by molar-refractivity contribution is 5.70. The molecule has 0 bridgehead atoms. The van der Waals surface area contributed by atoms with Gasteiger partial charge in [-0.15, -0.1) is 0 Å². The fraction of sp³-hybridized carbons (Fsp3) is 0.632. The summed E-state index contributed by atoms with van der Waals surface area (Å²) in [5, 5.41) is 43.6. The van der Waals surface area contributed by atoms with Gasteiger partial charge in [0, 0.05) is 19.2 Å². The third-order valence-electron chi connectivity index (χ3n) is 6.49. The summed E-state index contributed by atoms with van der Waals surface area (Å²) in [4.78, 5) is 6.78. The van der Waals surface area contributed by atoms with Gasteiger partial charge in [-0.1, -0.05) is 6.42 Å². The van der Waals surface area contributed by atoms with Crippen molar-refractivity contribution in [1.29, 1.82) is 5.26 Å². The molecule has 0 radical (unpaired) electrons. The molecule has 9 heteroatoms. The molecule has 28 heavy (non-hydrogen) atoms. The van der Waals surface area contributed by atoms with Crippen LogP contribution in [0.15, 0.2) is 12.3 Å². The number of aliphatic hydroxyl groups excluding tert-OH is 3. The van der Waals surface area contributed by atoms with E-state index in [0.717, 1.165) is 18.8 Å². The molecule has 148 valence electrons. The second kappa shape index (κ2) is 6.67. The SMILES string of the molecule is N#Cc1cc(N2CC3CCCC3C2)c2ncc([C@@H]3O[C@H](CO)[C@@H](O)[C@H]3O)n2n1. The molecular formula is C19H23N5O4. The van der Waals surface area contributed by atoms with Gasteiger partial charge in [0.25, 0.3) is 0 Å². The van der Waals surface area contributed by atoms with Crippen molar-refractivity contribution in [2.45, 2.75) is 43.7 Å². The second-order valence-corrected chi connectivity index (χ2v) is 8.06. The largest absolute Gasteiger partial charge is 0.394 e. The average molecular weight is 385 g/mol. The molecule has 2 aromatic heterocycles. The molecule has 0 amide bonds. The van der Waals surface area contributed by atoms with E-state index in [0.29, 0.717) is 23.2 Å². The molecule has 4 heterocycles. The van der Waals surface area contributed by atoms with Crippen molar-refractivity contribution in [1.82, 2.24) is 14.6 Å². The number of aliphatic hydroxyl groups is 3. The maximum atomic E-state index is 10.4. The number of imidazole rings is 1. The van der Waals surface area contributed by atoms with Crippen LogP contribution in [0.1, 0.15) is 36.8 Å². The number of hydrogen-bond acceptors (Lipinski definition) is 8. The minimum Gasteiger partial charge on any atom is -0.394 e. The van der Waals surface area contributed by atoms with Crippen LogP contribution in [0, 0.1) is 23.2 Å². The molecule has 3 aliphatic rings. The van der Waals surface area contributed by atoms with Crippen molar-refractivity contribution >= 4 is 11.3 Å². The first-order valence-corrected chi connectivity index (χ1v) is 9.77. The van der Waals surface area contributed by atoms with E-state index in [2.05, 4.69) is 21.1 Å². The van der Waals surface area contributed by atoms with E-state index < -0.39 is 31.0 Å². The molecule has 6 atom stereocenters. The maximum Gasteiger partial charge on any atom is 0.177 e. The Labute approximate surface area is 161 Å². The number of fused-ring (bicyclic) bond motifs is 2. The van der Waals surface area contributed by atoms with Gasteiger partial charge >= 0.3 is 0 Å². The number of rotatable bonds is 3. The summed E-state index contributed by atoms with van der Waals surface area (Å²) < 4.78 is 7.17. The molecular weight excluding hydrogens is 362 g/mol. The van der Waals surface area contributed by atoms with Crippen molar-refractivity contribution in [3.05, 3.63) is 23.7 Å². The Morgan fingerprint density at radius 3 is 2.61 bits per heavy atom. The lowest BCUT2D eigenvalue weighted by Gasteiger charge is -2.21. The maximum absolute atomic E-state index is 10.4. The Morgan fingerprint density at radius 1 is 1.21 bits per heavy atom. The Balaban J connectivity index is 1.56. The first-order valence-electron chi connectivity index (χ1n) is 9.77. The molecule has 1 aliphatic carbocycles. The highest BCUT2D eigenvalue weighted by atomic mass is 16.6. The summed E-state index contributed by atoms with van der Waals surface area (Å²) in [5.41, 5.74) is 2.17. The van der Waals surface area contributed by atoms with Gasteiger partial charge in [-0.2, -0.15) is 10.4 Å². The smallest absolute Gasteiger partial charge is 0.177 e. The average Bonchev–Trinajstić information content (AvgIpc) is 3.45. The Hall–Kier alpha value is -2.25. The highest BCUT2D eigenvalue weighted by Crippen LogP contribution is 2.41. The molecule has 2 aromatic rings. The van der Waals surface area contributed by atoms with E-state index in [1.807, 2.05) is 0 Å². The number of ether oxygens (including phenoxy) is 1. The fourth-order valence-electron chi connectivity index (χ4n) is 5.03. The standard InChI is InChI=1S/C19H23N5O4/c20-5-12-4-13(23-7-10-2-1-3-11(10)8-23)19-21-6-14(24(19)22-12)18-17(27)16(26)15(9-25)28-18/h4,6,10-11,15-18,25-27H,1-3,7-9H2/t10?,11?,15-,16-,17-,18+/m1/s1. The van der Waals surface area contributed by atoms with Crippen molar-refractivity contribution in [3.63, 3.8) is 0 Å². The predicted molar refractivity (Wildman–Crippen MR) is 97.5 cm³/mol. The van der Waals surface area contributed by atoms with E-state index in [1.54, 1.807) is 12.3 Å². The molecule has 3 N–H and O–H groups in total. The van der Waals surface area contributed by atoms with Crippen LogP contribution < -0.4 is 4.90 Å². The van der Waals surface area contributed by atoms with E-state index in [4.69, 9.17) is 4.74 Å². The predicted octanol–water partition coefficient (Wildman–Crippen LogP) is -0.00872. The molecule has 5 rings (SSSR count). The Bertz CT molecular complexity index is 928. The van der Waals surface area contributed by atoms with Gasteiger partial charge in [0.05, 0.1) is 24.2 Å². The minimum absolute atomic E-state index is 0.255. The van der Waals surface area contributed by atoms with E-state index in [-0.39, 0.29) is 5.69 Å². The van der Waals surface area contributed by atoms with Crippen LogP contribution in [0.4, 0.5) is 5.69 Å². The third kappa shape index (κ3) is 2.60. The van der Waals surface area contributed by atoms with E-state index in [9.17, 15) is 20.6 Å². The van der Waals surface area contributed by atoms with E-state index in [1.165, 1.54) is 23.8 Å². The lowest BCUT2D eigenvalue weighted by Crippen LogP contribution is -2.32. The van der Waals surface area contributed by atoms with Crippen LogP contribution in [-0.4, -0.2) is 67.9 Å². The number of aromatic nitrogens is 3. The zero-order valence-corrected chi connectivity index (χ0v) is 15.3. The normalized spacial score (nSPS) is 34.9. The molecule has 2 saturated heterocycles. The first-order chi connectivity index (χ1) is 13.6. The zero-order valence-electron chi connectivity index (χ0n) is 15.3. The number of hydrogen-bond donors (Lipinski definition) is 3. The molecule has 0 aromatic carbocycles. The molecule has 0 spiro atoms. The van der Waals surface area contributed by atoms with Crippen LogP contribution >= 0.6 is 0 Å². The van der Waals surface area contributed by atoms with Crippen molar-refractivity contribution in [2.24, 2.45) is 11.8 Å². The highest BCUT2D eigenvalue weighted by Gasteiger charge is 2.45. The number of nitriles is 1. The van der Waals surface area contributed by atoms with Crippen LogP contribution in [0.5, 0.6) is 0 Å². The summed E-state index contributed by atoms with van der Waals surface area (Å²) >= 11 is 0. The van der Waals surface area contributed by atoms with Gasteiger partial charge in [0.2, 0.25) is 0 Å². The zero-order chi connectivity index (χ0) is 19.4. The summed E-state index contributed by atoms with van der Waals surface area (Å²) in [6.45, 7) is 1.50. The summed E-state index contributed by atoms with van der Waals surface area (Å²) in [5.74, 6) is 1.38. The van der Waals surface area contributed by atoms with Gasteiger partial charge in [0.15, 0.2) is 11.3 Å². The minimum atomic E-state index is -1.21. The second-order valence-electron chi connectivity index (χ2n) is 8.06. The van der Waals surface area contributed by atoms with Gasteiger partial charge in [0.1, 0.15) is 30.5 Å². The lowest BCUT2D eigenvalue weighted by atomic mass is 10.0. The number of nitrogens with zero attached hydrogens (tertiary/aromatic N) is 5. The van der Waals surface area contributed by atoms with E-state index >= 15 is 0 Å². The summed E-state index contributed by atoms with van der Waals surface area (Å²) in [7, 11) is 0. The van der Waals surface area contributed by atoms with Gasteiger partial charge in [-0.05, 0) is 24.7 Å². The molecule has 1 saturated carbocycles. The fourth-order valence-corrected chi connectivity index (χ4v) is 5.03. The van der Waals surface area contributed by atoms with Gasteiger partial charge < -0.3 is 25.0 Å². The monoisotopic (exact) mass is 385 g/mol. The first kappa shape index (κ1) is 17.8. The lowest BCUT2D eigenvalue weighted by molar-refractivity contribution is -0.0244. The van der Waals surface area contributed by atoms with Crippen molar-refractivity contribution in [3.8, 4) is 6.07 Å². The van der Waals surface area contributed by atoms with Crippen LogP contribution in [-0.2, 0) is 4.74 Å². The van der Waals surface area contributed by atoms with Gasteiger partial charge in [-0.25, -0.2) is 9.50 Å². The van der Waals surface area contributed by atoms with Crippen LogP contribution in [0.3, 0.4) is 0 Å². The van der Waals surface area contributed by atoms with Gasteiger partial charge in [-0.3, -0.25) is 0 Å². The third-order valence-corrected chi connectivity index (χ3v) is 6.49. The quantitative estimate of drug-likeness (QED) is 0.673. The molecule has 9 nitrogen and oxygen atoms in total. The molecule has 3 fully saturated rings. The summed E-state index contributed by atoms with van der Waals surface area (Å²) in [6, 6.07) is 3.87. The number of anilines is 1. The molecule has 2 unspecified atom stereocenters. The summed E-state index contributed by atoms with van der Waals surface area (Å²) in [6.07, 6.45) is 1.18. The van der Waals surface area contributed by atoms with Crippen molar-refractivity contribution < 1.29 is 20.1 Å². The topological polar surface area (TPSA) is 127 Å². The van der Waals surface area contributed by atoms with Crippen LogP contribution in [0.2, 0.25) is 0 Å². The Kier molecular flexibility index (Phi) is 4.25.